The van der Waals surface area contributed by atoms with Crippen LogP contribution >= 0.6 is 0 Å². The zero-order valence-electron chi connectivity index (χ0n) is 23.2. The lowest BCUT2D eigenvalue weighted by Crippen LogP contribution is -2.51. The van der Waals surface area contributed by atoms with E-state index in [0.29, 0.717) is 34.2 Å². The molecule has 0 aliphatic heterocycles. The van der Waals surface area contributed by atoms with E-state index in [-0.39, 0.29) is 12.0 Å². The van der Waals surface area contributed by atoms with E-state index in [2.05, 4.69) is 33.0 Å². The lowest BCUT2D eigenvalue weighted by Gasteiger charge is -2.47. The number of carboxylic acids is 1. The summed E-state index contributed by atoms with van der Waals surface area (Å²) in [5, 5.41) is 15.3. The van der Waals surface area contributed by atoms with E-state index in [1.807, 2.05) is 6.07 Å². The van der Waals surface area contributed by atoms with Crippen LogP contribution in [0.2, 0.25) is 0 Å². The molecule has 3 aliphatic carbocycles. The molecule has 4 heterocycles. The topological polar surface area (TPSA) is 109 Å². The zero-order valence-corrected chi connectivity index (χ0v) is 23.2. The highest BCUT2D eigenvalue weighted by molar-refractivity contribution is 5.95. The fourth-order valence-electron chi connectivity index (χ4n) is 7.05. The van der Waals surface area contributed by atoms with Gasteiger partial charge in [-0.25, -0.2) is 19.3 Å². The van der Waals surface area contributed by atoms with E-state index in [1.54, 1.807) is 6.20 Å². The van der Waals surface area contributed by atoms with Crippen LogP contribution in [-0.2, 0) is 11.3 Å². The number of aromatic amines is 1. The molecule has 4 aromatic rings. The van der Waals surface area contributed by atoms with Crippen molar-refractivity contribution in [1.29, 1.82) is 0 Å². The first-order valence-electron chi connectivity index (χ1n) is 15.0. The van der Waals surface area contributed by atoms with Gasteiger partial charge in [-0.05, 0) is 56.1 Å². The first kappa shape index (κ1) is 26.7. The van der Waals surface area contributed by atoms with Gasteiger partial charge in [-0.2, -0.15) is 0 Å². The van der Waals surface area contributed by atoms with Crippen LogP contribution in [-0.4, -0.2) is 41.6 Å². The maximum absolute atomic E-state index is 14.2. The molecule has 8 nitrogen and oxygen atoms in total. The number of aromatic nitrogens is 5. The van der Waals surface area contributed by atoms with Crippen LogP contribution in [0, 0.1) is 23.6 Å². The van der Waals surface area contributed by atoms with Gasteiger partial charge in [-0.3, -0.25) is 4.79 Å². The van der Waals surface area contributed by atoms with E-state index in [0.717, 1.165) is 49.7 Å². The molecule has 40 heavy (non-hydrogen) atoms. The van der Waals surface area contributed by atoms with Crippen LogP contribution in [0.15, 0.2) is 30.7 Å². The molecule has 212 valence electrons. The maximum atomic E-state index is 14.2. The second kappa shape index (κ2) is 11.6. The largest absolute Gasteiger partial charge is 0.481 e. The highest BCUT2D eigenvalue weighted by Crippen LogP contribution is 2.46. The average Bonchev–Trinajstić information content (AvgIpc) is 3.57. The van der Waals surface area contributed by atoms with Gasteiger partial charge in [-0.1, -0.05) is 45.4 Å². The summed E-state index contributed by atoms with van der Waals surface area (Å²) in [5.74, 6) is 0.0517. The average molecular weight is 547 g/mol. The van der Waals surface area contributed by atoms with Gasteiger partial charge in [0.1, 0.15) is 22.9 Å². The van der Waals surface area contributed by atoms with Gasteiger partial charge in [-0.15, -0.1) is 0 Å². The van der Waals surface area contributed by atoms with Crippen molar-refractivity contribution in [2.75, 3.05) is 5.32 Å². The molecule has 7 rings (SSSR count). The van der Waals surface area contributed by atoms with Gasteiger partial charge in [0.2, 0.25) is 0 Å². The Labute approximate surface area is 233 Å². The number of aryl methyl sites for hydroxylation is 1. The second-order valence-corrected chi connectivity index (χ2v) is 11.7. The summed E-state index contributed by atoms with van der Waals surface area (Å²) in [7, 11) is 0. The molecule has 3 saturated carbocycles. The first-order chi connectivity index (χ1) is 19.5. The van der Waals surface area contributed by atoms with Crippen LogP contribution in [0.1, 0.15) is 77.6 Å². The third kappa shape index (κ3) is 5.18. The minimum absolute atomic E-state index is 0.176. The number of H-pyrrole nitrogens is 1. The lowest BCUT2D eigenvalue weighted by molar-refractivity contribution is -0.148. The molecule has 3 N–H and O–H groups in total. The van der Waals surface area contributed by atoms with E-state index in [9.17, 15) is 14.3 Å². The number of unbranched alkanes of at least 4 members (excludes halogenated alkanes) is 6. The third-order valence-corrected chi connectivity index (χ3v) is 9.17. The Hall–Kier alpha value is -3.49. The smallest absolute Gasteiger partial charge is 0.308 e. The number of nitrogens with one attached hydrogen (secondary N) is 2. The molecule has 0 spiro atoms. The Morgan fingerprint density at radius 3 is 2.60 bits per heavy atom. The van der Waals surface area contributed by atoms with Crippen LogP contribution in [0.25, 0.3) is 33.5 Å². The SMILES string of the molecule is CCCCCCCCCn1ccc2c(NC3C4CCC(CC4)C3C(=O)O)nc(-c3c[nH]c4ncc(F)cc34)nc21. The van der Waals surface area contributed by atoms with E-state index in [4.69, 9.17) is 9.97 Å². The molecule has 2 atom stereocenters. The Kier molecular flexibility index (Phi) is 7.71. The fraction of sp³-hybridized carbons (Fsp3) is 0.548. The molecule has 0 aromatic carbocycles. The molecule has 3 aliphatic rings. The second-order valence-electron chi connectivity index (χ2n) is 11.7. The van der Waals surface area contributed by atoms with Gasteiger partial charge < -0.3 is 20.0 Å². The molecule has 0 radical (unpaired) electrons. The Morgan fingerprint density at radius 1 is 1.07 bits per heavy atom. The lowest BCUT2D eigenvalue weighted by atomic mass is 9.61. The van der Waals surface area contributed by atoms with Crippen molar-refractivity contribution >= 4 is 33.9 Å². The number of fused-ring (bicyclic) bond motifs is 5. The van der Waals surface area contributed by atoms with Crippen molar-refractivity contribution in [1.82, 2.24) is 24.5 Å². The van der Waals surface area contributed by atoms with Gasteiger partial charge in [0.05, 0.1) is 17.5 Å². The summed E-state index contributed by atoms with van der Waals surface area (Å²) >= 11 is 0. The van der Waals surface area contributed by atoms with Gasteiger partial charge in [0, 0.05) is 35.9 Å². The number of anilines is 1. The molecule has 0 amide bonds. The summed E-state index contributed by atoms with van der Waals surface area (Å²) in [5.41, 5.74) is 2.06. The molecule has 2 bridgehead atoms. The van der Waals surface area contributed by atoms with Gasteiger partial charge >= 0.3 is 5.97 Å². The van der Waals surface area contributed by atoms with Crippen molar-refractivity contribution in [2.24, 2.45) is 17.8 Å². The zero-order chi connectivity index (χ0) is 27.6. The van der Waals surface area contributed by atoms with Gasteiger partial charge in [0.25, 0.3) is 0 Å². The molecule has 4 aromatic heterocycles. The summed E-state index contributed by atoms with van der Waals surface area (Å²) in [6.07, 6.45) is 17.7. The van der Waals surface area contributed by atoms with Crippen molar-refractivity contribution in [3.8, 4) is 11.4 Å². The molecular formula is C31H39FN6O2. The third-order valence-electron chi connectivity index (χ3n) is 9.17. The summed E-state index contributed by atoms with van der Waals surface area (Å²) < 4.78 is 16.3. The van der Waals surface area contributed by atoms with Crippen LogP contribution in [0.4, 0.5) is 10.2 Å². The molecule has 2 unspecified atom stereocenters. The van der Waals surface area contributed by atoms with Crippen molar-refractivity contribution in [3.63, 3.8) is 0 Å². The predicted molar refractivity (Wildman–Crippen MR) is 155 cm³/mol. The molecule has 9 heteroatoms. The summed E-state index contributed by atoms with van der Waals surface area (Å²) in [6.45, 7) is 3.09. The van der Waals surface area contributed by atoms with Crippen LogP contribution in [0.5, 0.6) is 0 Å². The number of rotatable bonds is 12. The Balaban J connectivity index is 1.35. The number of hydrogen-bond acceptors (Lipinski definition) is 5. The number of pyridine rings is 1. The van der Waals surface area contributed by atoms with E-state index < -0.39 is 17.7 Å². The first-order valence-corrected chi connectivity index (χ1v) is 15.0. The molecular weight excluding hydrogens is 507 g/mol. The minimum Gasteiger partial charge on any atom is -0.481 e. The van der Waals surface area contributed by atoms with Crippen molar-refractivity contribution < 1.29 is 14.3 Å². The molecule has 0 saturated heterocycles. The quantitative estimate of drug-likeness (QED) is 0.163. The highest BCUT2D eigenvalue weighted by Gasteiger charge is 2.47. The molecule has 3 fully saturated rings. The Bertz CT molecular complexity index is 1490. The predicted octanol–water partition coefficient (Wildman–Crippen LogP) is 7.17. The minimum atomic E-state index is -0.730. The normalized spacial score (nSPS) is 22.4. The maximum Gasteiger partial charge on any atom is 0.308 e. The number of nitrogens with zero attached hydrogens (tertiary/aromatic N) is 4. The van der Waals surface area contributed by atoms with E-state index >= 15 is 0 Å². The summed E-state index contributed by atoms with van der Waals surface area (Å²) in [6, 6.07) is 3.31. The highest BCUT2D eigenvalue weighted by atomic mass is 19.1. The number of carbonyl (C=O) groups is 1. The number of aliphatic carboxylic acids is 1. The number of halogens is 1. The number of hydrogen-bond donors (Lipinski definition) is 3. The fourth-order valence-corrected chi connectivity index (χ4v) is 7.05. The van der Waals surface area contributed by atoms with Gasteiger partial charge in [0.15, 0.2) is 5.82 Å². The standard InChI is InChI=1S/C31H39FN6O2/c1-2-3-4-5-6-7-8-14-38-15-13-22-28(35-26-20-11-9-19(10-12-20)25(26)31(39)40)36-29(37-30(22)38)24-18-34-27-23(24)16-21(32)17-33-27/h13,15-20,25-26H,2-12,14H2,1H3,(H,33,34)(H,39,40)(H,35,36,37). The van der Waals surface area contributed by atoms with Crippen LogP contribution < -0.4 is 5.32 Å². The monoisotopic (exact) mass is 546 g/mol. The number of carboxylic acid groups (broad SMARTS) is 1. The Morgan fingerprint density at radius 2 is 1.82 bits per heavy atom. The van der Waals surface area contributed by atoms with Crippen LogP contribution in [0.3, 0.4) is 0 Å². The van der Waals surface area contributed by atoms with E-state index in [1.165, 1.54) is 50.8 Å². The van der Waals surface area contributed by atoms with Crippen molar-refractivity contribution in [2.45, 2.75) is 90.1 Å². The van der Waals surface area contributed by atoms with Crippen molar-refractivity contribution in [3.05, 3.63) is 36.5 Å². The summed E-state index contributed by atoms with van der Waals surface area (Å²) in [4.78, 5) is 29.6.